The van der Waals surface area contributed by atoms with E-state index in [4.69, 9.17) is 11.6 Å². The van der Waals surface area contributed by atoms with Crippen molar-refractivity contribution in [2.24, 2.45) is 0 Å². The molecular weight excluding hydrogens is 230 g/mol. The minimum Gasteiger partial charge on any atom is -0.368 e. The van der Waals surface area contributed by atoms with E-state index in [1.807, 2.05) is 0 Å². The number of carbonyl (C=O) groups excluding carboxylic acids is 1. The Bertz CT molecular complexity index is 371. The lowest BCUT2D eigenvalue weighted by Gasteiger charge is -2.07. The zero-order valence-corrected chi connectivity index (χ0v) is 9.93. The van der Waals surface area contributed by atoms with Crippen LogP contribution in [0.5, 0.6) is 0 Å². The Morgan fingerprint density at radius 2 is 2.25 bits per heavy atom. The molecule has 0 saturated carbocycles. The first-order valence-electron chi connectivity index (χ1n) is 4.82. The summed E-state index contributed by atoms with van der Waals surface area (Å²) >= 11 is 5.89. The highest BCUT2D eigenvalue weighted by Gasteiger charge is 2.04. The maximum Gasteiger partial charge on any atom is 0.224 e. The molecule has 0 aliphatic heterocycles. The third-order valence-electron chi connectivity index (χ3n) is 1.89. The lowest BCUT2D eigenvalue weighted by Crippen LogP contribution is -2.21. The van der Waals surface area contributed by atoms with Crippen LogP contribution < -0.4 is 16.0 Å². The monoisotopic (exact) mass is 243 g/mol. The van der Waals surface area contributed by atoms with E-state index in [2.05, 4.69) is 25.9 Å². The van der Waals surface area contributed by atoms with Crippen molar-refractivity contribution in [1.29, 1.82) is 0 Å². The second kappa shape index (κ2) is 6.12. The first-order chi connectivity index (χ1) is 7.67. The van der Waals surface area contributed by atoms with Crippen molar-refractivity contribution >= 4 is 29.3 Å². The zero-order chi connectivity index (χ0) is 12.0. The van der Waals surface area contributed by atoms with Gasteiger partial charge in [-0.15, -0.1) is 0 Å². The van der Waals surface area contributed by atoms with Crippen LogP contribution in [-0.2, 0) is 4.79 Å². The van der Waals surface area contributed by atoms with Gasteiger partial charge >= 0.3 is 0 Å². The number of halogens is 1. The van der Waals surface area contributed by atoms with Crippen LogP contribution in [0.4, 0.5) is 11.8 Å². The summed E-state index contributed by atoms with van der Waals surface area (Å²) in [6.45, 7) is 0.472. The summed E-state index contributed by atoms with van der Waals surface area (Å²) in [4.78, 5) is 19.0. The number of hydrogen-bond donors (Lipinski definition) is 3. The minimum atomic E-state index is -0.0356. The van der Waals surface area contributed by atoms with Crippen LogP contribution in [0.1, 0.15) is 6.42 Å². The number of anilines is 2. The summed E-state index contributed by atoms with van der Waals surface area (Å²) in [5, 5.41) is 8.73. The van der Waals surface area contributed by atoms with E-state index in [1.165, 1.54) is 6.20 Å². The van der Waals surface area contributed by atoms with E-state index in [-0.39, 0.29) is 5.91 Å². The van der Waals surface area contributed by atoms with Crippen LogP contribution in [-0.4, -0.2) is 36.5 Å². The number of hydrogen-bond acceptors (Lipinski definition) is 5. The van der Waals surface area contributed by atoms with Crippen molar-refractivity contribution in [2.75, 3.05) is 31.3 Å². The molecule has 3 N–H and O–H groups in total. The van der Waals surface area contributed by atoms with E-state index in [1.54, 1.807) is 14.1 Å². The van der Waals surface area contributed by atoms with Gasteiger partial charge in [-0.05, 0) is 0 Å². The van der Waals surface area contributed by atoms with Crippen molar-refractivity contribution in [3.8, 4) is 0 Å². The normalized spacial score (nSPS) is 9.69. The molecule has 0 radical (unpaired) electrons. The molecule has 88 valence electrons. The molecule has 1 rings (SSSR count). The molecule has 0 aromatic carbocycles. The fraction of sp³-hybridized carbons (Fsp3) is 0.444. The van der Waals surface area contributed by atoms with Crippen LogP contribution in [0.2, 0.25) is 5.02 Å². The molecule has 0 atom stereocenters. The van der Waals surface area contributed by atoms with Gasteiger partial charge in [0.15, 0.2) is 0 Å². The van der Waals surface area contributed by atoms with Gasteiger partial charge < -0.3 is 16.0 Å². The van der Waals surface area contributed by atoms with Crippen LogP contribution in [0.25, 0.3) is 0 Å². The fourth-order valence-corrected chi connectivity index (χ4v) is 1.19. The number of amides is 1. The zero-order valence-electron chi connectivity index (χ0n) is 9.17. The summed E-state index contributed by atoms with van der Waals surface area (Å²) in [7, 11) is 3.32. The van der Waals surface area contributed by atoms with Gasteiger partial charge in [0.25, 0.3) is 0 Å². The van der Waals surface area contributed by atoms with Gasteiger partial charge in [0.05, 0.1) is 6.20 Å². The van der Waals surface area contributed by atoms with Crippen molar-refractivity contribution in [3.63, 3.8) is 0 Å². The highest BCUT2D eigenvalue weighted by atomic mass is 35.5. The smallest absolute Gasteiger partial charge is 0.224 e. The summed E-state index contributed by atoms with van der Waals surface area (Å²) in [6, 6.07) is 0. The topological polar surface area (TPSA) is 78.9 Å². The largest absolute Gasteiger partial charge is 0.368 e. The molecule has 6 nitrogen and oxygen atoms in total. The van der Waals surface area contributed by atoms with E-state index in [9.17, 15) is 4.79 Å². The third-order valence-corrected chi connectivity index (χ3v) is 2.17. The number of nitrogens with zero attached hydrogens (tertiary/aromatic N) is 2. The molecule has 0 aliphatic carbocycles. The van der Waals surface area contributed by atoms with Crippen molar-refractivity contribution < 1.29 is 4.79 Å². The molecule has 1 heterocycles. The predicted molar refractivity (Wildman–Crippen MR) is 63.8 cm³/mol. The molecule has 0 bridgehead atoms. The molecule has 0 fully saturated rings. The average molecular weight is 244 g/mol. The van der Waals surface area contributed by atoms with Gasteiger partial charge in [-0.1, -0.05) is 11.6 Å². The highest BCUT2D eigenvalue weighted by Crippen LogP contribution is 2.18. The SMILES string of the molecule is CNC(=O)CCNc1nc(NC)ncc1Cl. The van der Waals surface area contributed by atoms with Gasteiger partial charge in [-0.25, -0.2) is 4.98 Å². The van der Waals surface area contributed by atoms with Crippen LogP contribution in [0.15, 0.2) is 6.20 Å². The number of aromatic nitrogens is 2. The van der Waals surface area contributed by atoms with Crippen molar-refractivity contribution in [1.82, 2.24) is 15.3 Å². The van der Waals surface area contributed by atoms with Gasteiger partial charge in [0.1, 0.15) is 10.8 Å². The van der Waals surface area contributed by atoms with E-state index < -0.39 is 0 Å². The first kappa shape index (κ1) is 12.5. The van der Waals surface area contributed by atoms with Gasteiger partial charge in [0, 0.05) is 27.1 Å². The first-order valence-corrected chi connectivity index (χ1v) is 5.20. The Kier molecular flexibility index (Phi) is 4.78. The van der Waals surface area contributed by atoms with Crippen LogP contribution >= 0.6 is 11.6 Å². The number of rotatable bonds is 5. The molecule has 16 heavy (non-hydrogen) atoms. The van der Waals surface area contributed by atoms with E-state index in [0.29, 0.717) is 29.8 Å². The van der Waals surface area contributed by atoms with Crippen molar-refractivity contribution in [2.45, 2.75) is 6.42 Å². The molecule has 7 heteroatoms. The van der Waals surface area contributed by atoms with E-state index in [0.717, 1.165) is 0 Å². The quantitative estimate of drug-likeness (QED) is 0.710. The Balaban J connectivity index is 2.55. The molecule has 1 amide bonds. The Labute approximate surface area is 98.8 Å². The predicted octanol–water partition coefficient (Wildman–Crippen LogP) is 0.720. The second-order valence-corrected chi connectivity index (χ2v) is 3.40. The Morgan fingerprint density at radius 1 is 1.50 bits per heavy atom. The summed E-state index contributed by atoms with van der Waals surface area (Å²) in [5.74, 6) is 0.961. The summed E-state index contributed by atoms with van der Waals surface area (Å²) in [5.41, 5.74) is 0. The van der Waals surface area contributed by atoms with E-state index >= 15 is 0 Å². The van der Waals surface area contributed by atoms with Gasteiger partial charge in [-0.3, -0.25) is 4.79 Å². The van der Waals surface area contributed by atoms with Gasteiger partial charge in [0.2, 0.25) is 11.9 Å². The minimum absolute atomic E-state index is 0.0356. The third kappa shape index (κ3) is 3.54. The van der Waals surface area contributed by atoms with Gasteiger partial charge in [-0.2, -0.15) is 4.98 Å². The molecule has 0 saturated heterocycles. The molecular formula is C9H14ClN5O. The molecule has 0 unspecified atom stereocenters. The lowest BCUT2D eigenvalue weighted by atomic mass is 10.4. The maximum atomic E-state index is 11.0. The Morgan fingerprint density at radius 3 is 2.88 bits per heavy atom. The second-order valence-electron chi connectivity index (χ2n) is 2.99. The number of nitrogens with one attached hydrogen (secondary N) is 3. The molecule has 1 aromatic heterocycles. The Hall–Kier alpha value is -1.56. The number of carbonyl (C=O) groups is 1. The van der Waals surface area contributed by atoms with Crippen molar-refractivity contribution in [3.05, 3.63) is 11.2 Å². The van der Waals surface area contributed by atoms with Crippen LogP contribution in [0.3, 0.4) is 0 Å². The average Bonchev–Trinajstić information content (AvgIpc) is 2.31. The molecule has 1 aromatic rings. The lowest BCUT2D eigenvalue weighted by molar-refractivity contribution is -0.120. The summed E-state index contributed by atoms with van der Waals surface area (Å²) in [6.07, 6.45) is 1.87. The standard InChI is InChI=1S/C9H14ClN5O/c1-11-7(16)3-4-13-8-6(10)5-14-9(12-2)15-8/h5H,3-4H2,1-2H3,(H,11,16)(H2,12,13,14,15). The summed E-state index contributed by atoms with van der Waals surface area (Å²) < 4.78 is 0. The fourth-order valence-electron chi connectivity index (χ4n) is 1.03. The molecule has 0 aliphatic rings. The van der Waals surface area contributed by atoms with Crippen LogP contribution in [0, 0.1) is 0 Å². The molecule has 0 spiro atoms. The maximum absolute atomic E-state index is 11.0. The highest BCUT2D eigenvalue weighted by molar-refractivity contribution is 6.32.